The minimum atomic E-state index is -0.811. The van der Waals surface area contributed by atoms with Gasteiger partial charge in [-0.25, -0.2) is 9.78 Å². The number of nitro groups is 1. The number of nitrogens with one attached hydrogen (secondary N) is 1. The van der Waals surface area contributed by atoms with E-state index in [-0.39, 0.29) is 17.2 Å². The van der Waals surface area contributed by atoms with Gasteiger partial charge in [0, 0.05) is 43.1 Å². The van der Waals surface area contributed by atoms with Crippen LogP contribution in [-0.4, -0.2) is 43.4 Å². The van der Waals surface area contributed by atoms with Gasteiger partial charge in [-0.05, 0) is 51.1 Å². The zero-order chi connectivity index (χ0) is 25.3. The molecule has 4 aromatic rings. The Balaban J connectivity index is 1.87. The second-order valence-electron chi connectivity index (χ2n) is 8.95. The topological polar surface area (TPSA) is 128 Å². The van der Waals surface area contributed by atoms with Gasteiger partial charge in [0.25, 0.3) is 0 Å². The zero-order valence-corrected chi connectivity index (χ0v) is 20.0. The van der Waals surface area contributed by atoms with Gasteiger partial charge < -0.3 is 9.64 Å². The number of aryl methyl sites for hydroxylation is 1. The van der Waals surface area contributed by atoms with E-state index in [1.807, 2.05) is 24.3 Å². The van der Waals surface area contributed by atoms with E-state index in [1.165, 1.54) is 6.07 Å². The van der Waals surface area contributed by atoms with Crippen LogP contribution in [0.3, 0.4) is 0 Å². The number of pyridine rings is 2. The van der Waals surface area contributed by atoms with Crippen LogP contribution in [0.15, 0.2) is 55.0 Å². The van der Waals surface area contributed by atoms with Crippen molar-refractivity contribution in [1.82, 2.24) is 19.7 Å². The summed E-state index contributed by atoms with van der Waals surface area (Å²) >= 11 is 0. The summed E-state index contributed by atoms with van der Waals surface area (Å²) in [7, 11) is 3.43. The molecule has 0 bridgehead atoms. The molecule has 0 spiro atoms. The van der Waals surface area contributed by atoms with Gasteiger partial charge in [0.1, 0.15) is 11.3 Å². The van der Waals surface area contributed by atoms with E-state index in [1.54, 1.807) is 69.1 Å². The molecule has 3 aromatic heterocycles. The Hall–Kier alpha value is -4.54. The van der Waals surface area contributed by atoms with E-state index in [0.717, 1.165) is 10.9 Å². The zero-order valence-electron chi connectivity index (χ0n) is 20.0. The van der Waals surface area contributed by atoms with Crippen LogP contribution in [0.5, 0.6) is 0 Å². The molecule has 0 saturated carbocycles. The van der Waals surface area contributed by atoms with Crippen LogP contribution in [0.1, 0.15) is 20.8 Å². The first-order chi connectivity index (χ1) is 16.5. The molecular formula is C24H25N7O4. The van der Waals surface area contributed by atoms with Gasteiger partial charge in [-0.15, -0.1) is 0 Å². The Labute approximate surface area is 201 Å². The third-order valence-electron chi connectivity index (χ3n) is 5.08. The molecule has 180 valence electrons. The minimum Gasteiger partial charge on any atom is -0.444 e. The molecule has 0 unspecified atom stereocenters. The monoisotopic (exact) mass is 475 g/mol. The molecule has 0 aliphatic heterocycles. The fourth-order valence-corrected chi connectivity index (χ4v) is 3.54. The van der Waals surface area contributed by atoms with Crippen molar-refractivity contribution in [3.63, 3.8) is 0 Å². The van der Waals surface area contributed by atoms with Crippen molar-refractivity contribution in [1.29, 1.82) is 0 Å². The molecule has 11 nitrogen and oxygen atoms in total. The molecule has 11 heteroatoms. The van der Waals surface area contributed by atoms with E-state index in [2.05, 4.69) is 20.4 Å². The van der Waals surface area contributed by atoms with Crippen LogP contribution in [-0.2, 0) is 11.8 Å². The van der Waals surface area contributed by atoms with Crippen molar-refractivity contribution in [3.05, 3.63) is 65.1 Å². The predicted octanol–water partition coefficient (Wildman–Crippen LogP) is 5.05. The number of fused-ring (bicyclic) bond motifs is 1. The number of nitrogens with zero attached hydrogens (tertiary/aromatic N) is 6. The molecule has 1 aromatic carbocycles. The van der Waals surface area contributed by atoms with Gasteiger partial charge in [-0.3, -0.25) is 25.1 Å². The third-order valence-corrected chi connectivity index (χ3v) is 5.08. The molecule has 35 heavy (non-hydrogen) atoms. The fourth-order valence-electron chi connectivity index (χ4n) is 3.54. The molecule has 0 atom stereocenters. The van der Waals surface area contributed by atoms with Crippen molar-refractivity contribution in [2.75, 3.05) is 17.3 Å². The minimum absolute atomic E-state index is 0.0394. The first kappa shape index (κ1) is 23.6. The number of benzene rings is 1. The van der Waals surface area contributed by atoms with E-state index < -0.39 is 16.6 Å². The van der Waals surface area contributed by atoms with Crippen LogP contribution < -0.4 is 10.2 Å². The molecule has 4 rings (SSSR count). The lowest BCUT2D eigenvalue weighted by molar-refractivity contribution is -0.383. The van der Waals surface area contributed by atoms with Gasteiger partial charge >= 0.3 is 11.8 Å². The van der Waals surface area contributed by atoms with E-state index in [9.17, 15) is 14.9 Å². The van der Waals surface area contributed by atoms with Gasteiger partial charge in [0.05, 0.1) is 22.3 Å². The van der Waals surface area contributed by atoms with E-state index in [0.29, 0.717) is 16.9 Å². The van der Waals surface area contributed by atoms with Gasteiger partial charge in [0.15, 0.2) is 0 Å². The van der Waals surface area contributed by atoms with Crippen LogP contribution >= 0.6 is 0 Å². The fraction of sp³-hybridized carbons (Fsp3) is 0.250. The maximum absolute atomic E-state index is 12.5. The number of ether oxygens (including phenoxy) is 1. The van der Waals surface area contributed by atoms with Crippen molar-refractivity contribution in [2.24, 2.45) is 7.05 Å². The number of aromatic nitrogens is 4. The molecular weight excluding hydrogens is 450 g/mol. The predicted molar refractivity (Wildman–Crippen MR) is 133 cm³/mol. The Bertz CT molecular complexity index is 1430. The third kappa shape index (κ3) is 5.18. The standard InChI is InChI=1S/C24H25N7O4/c1-24(2,3)35-23(32)28-20-12-19(16-13-26-29(4)14-16)27-22(21(20)31(33)34)30(5)17-8-9-18-15(11-17)7-6-10-25-18/h6-14H,1-5H3,(H,27,28,32). The molecule has 0 fully saturated rings. The Morgan fingerprint density at radius 2 is 2.00 bits per heavy atom. The number of hydrogen-bond donors (Lipinski definition) is 1. The number of amides is 1. The van der Waals surface area contributed by atoms with Crippen LogP contribution in [0.2, 0.25) is 0 Å². The van der Waals surface area contributed by atoms with Crippen molar-refractivity contribution < 1.29 is 14.5 Å². The lowest BCUT2D eigenvalue weighted by Gasteiger charge is -2.22. The highest BCUT2D eigenvalue weighted by Crippen LogP contribution is 2.40. The highest BCUT2D eigenvalue weighted by atomic mass is 16.6. The molecule has 0 aliphatic carbocycles. The van der Waals surface area contributed by atoms with Gasteiger partial charge in [-0.1, -0.05) is 6.07 Å². The summed E-state index contributed by atoms with van der Waals surface area (Å²) in [6.07, 6.45) is 4.21. The average molecular weight is 476 g/mol. The molecule has 0 saturated heterocycles. The normalized spacial score (nSPS) is 11.3. The molecule has 1 N–H and O–H groups in total. The Morgan fingerprint density at radius 1 is 1.23 bits per heavy atom. The van der Waals surface area contributed by atoms with Crippen LogP contribution in [0.4, 0.5) is 27.7 Å². The van der Waals surface area contributed by atoms with E-state index in [4.69, 9.17) is 4.74 Å². The summed E-state index contributed by atoms with van der Waals surface area (Å²) in [5, 5.41) is 19.8. The first-order valence-electron chi connectivity index (χ1n) is 10.8. The molecule has 0 radical (unpaired) electrons. The lowest BCUT2D eigenvalue weighted by atomic mass is 10.1. The summed E-state index contributed by atoms with van der Waals surface area (Å²) in [4.78, 5) is 34.7. The maximum Gasteiger partial charge on any atom is 0.412 e. The number of anilines is 3. The number of rotatable bonds is 5. The number of carbonyl (C=O) groups is 1. The van der Waals surface area contributed by atoms with Crippen molar-refractivity contribution in [2.45, 2.75) is 26.4 Å². The van der Waals surface area contributed by atoms with Gasteiger partial charge in [0.2, 0.25) is 5.82 Å². The highest BCUT2D eigenvalue weighted by molar-refractivity contribution is 5.93. The van der Waals surface area contributed by atoms with Crippen molar-refractivity contribution in [3.8, 4) is 11.3 Å². The molecule has 1 amide bonds. The quantitative estimate of drug-likeness (QED) is 0.313. The number of carbonyl (C=O) groups excluding carboxylic acids is 1. The van der Waals surface area contributed by atoms with Crippen LogP contribution in [0, 0.1) is 10.1 Å². The Morgan fingerprint density at radius 3 is 2.66 bits per heavy atom. The van der Waals surface area contributed by atoms with Crippen LogP contribution in [0.25, 0.3) is 22.2 Å². The summed E-state index contributed by atoms with van der Waals surface area (Å²) in [6, 6.07) is 10.7. The largest absolute Gasteiger partial charge is 0.444 e. The summed E-state index contributed by atoms with van der Waals surface area (Å²) in [5.41, 5.74) is 1.30. The number of hydrogen-bond acceptors (Lipinski definition) is 8. The average Bonchev–Trinajstić information content (AvgIpc) is 3.22. The maximum atomic E-state index is 12.5. The van der Waals surface area contributed by atoms with E-state index >= 15 is 0 Å². The lowest BCUT2D eigenvalue weighted by Crippen LogP contribution is -2.27. The SMILES string of the molecule is CN(c1ccc2ncccc2c1)c1nc(-c2cnn(C)c2)cc(NC(=O)OC(C)(C)C)c1[N+](=O)[O-]. The second-order valence-corrected chi connectivity index (χ2v) is 8.95. The van der Waals surface area contributed by atoms with Gasteiger partial charge in [-0.2, -0.15) is 5.10 Å². The summed E-state index contributed by atoms with van der Waals surface area (Å²) in [5.74, 6) is 0.0469. The summed E-state index contributed by atoms with van der Waals surface area (Å²) < 4.78 is 6.93. The summed E-state index contributed by atoms with van der Waals surface area (Å²) in [6.45, 7) is 5.13. The molecule has 0 aliphatic rings. The second kappa shape index (κ2) is 9.01. The Kier molecular flexibility index (Phi) is 6.08. The van der Waals surface area contributed by atoms with Crippen molar-refractivity contribution >= 4 is 39.9 Å². The first-order valence-corrected chi connectivity index (χ1v) is 10.8. The smallest absolute Gasteiger partial charge is 0.412 e. The molecule has 3 heterocycles. The highest BCUT2D eigenvalue weighted by Gasteiger charge is 2.29.